The molecule has 0 fully saturated rings. The molecule has 1 heterocycles. The highest BCUT2D eigenvalue weighted by atomic mass is 127. The summed E-state index contributed by atoms with van der Waals surface area (Å²) in [6.45, 7) is 0. The van der Waals surface area contributed by atoms with Crippen molar-refractivity contribution in [3.05, 3.63) is 33.4 Å². The van der Waals surface area contributed by atoms with Crippen LogP contribution in [0.25, 0.3) is 5.57 Å². The van der Waals surface area contributed by atoms with Crippen LogP contribution in [0.4, 0.5) is 0 Å². The van der Waals surface area contributed by atoms with Crippen LogP contribution in [0.2, 0.25) is 0 Å². The summed E-state index contributed by atoms with van der Waals surface area (Å²) in [5.74, 6) is 1.08. The third-order valence-corrected chi connectivity index (χ3v) is 3.90. The number of allylic oxidation sites excluding steroid dienone is 2. The molecule has 1 aromatic rings. The van der Waals surface area contributed by atoms with Gasteiger partial charge < -0.3 is 0 Å². The average molecular weight is 313 g/mol. The van der Waals surface area contributed by atoms with Gasteiger partial charge in [0.1, 0.15) is 0 Å². The monoisotopic (exact) mass is 313 g/mol. The Hall–Kier alpha value is -0.470. The second-order valence-electron chi connectivity index (χ2n) is 3.04. The molecule has 1 nitrogen and oxygen atoms in total. The van der Waals surface area contributed by atoms with Gasteiger partial charge in [-0.3, -0.25) is 0 Å². The van der Waals surface area contributed by atoms with Gasteiger partial charge >= 0.3 is 0 Å². The van der Waals surface area contributed by atoms with E-state index in [1.165, 1.54) is 19.6 Å². The standard InChI is InChI=1S/C11H8INS/c12-9-1-2-11-10(7-9)8(3-5-13)4-6-14-11/h1-3,7H,4,6H2/b8-3-. The Morgan fingerprint density at radius 1 is 1.50 bits per heavy atom. The largest absolute Gasteiger partial charge is 0.193 e. The lowest BCUT2D eigenvalue weighted by atomic mass is 10.0. The van der Waals surface area contributed by atoms with Gasteiger partial charge in [0.2, 0.25) is 0 Å². The molecule has 1 aromatic carbocycles. The summed E-state index contributed by atoms with van der Waals surface area (Å²) >= 11 is 4.18. The molecule has 0 saturated heterocycles. The number of thioether (sulfide) groups is 1. The number of nitriles is 1. The van der Waals surface area contributed by atoms with Crippen LogP contribution in [0.15, 0.2) is 29.2 Å². The zero-order valence-corrected chi connectivity index (χ0v) is 10.4. The quantitative estimate of drug-likeness (QED) is 0.539. The first-order chi connectivity index (χ1) is 6.81. The Labute approximate surface area is 101 Å². The topological polar surface area (TPSA) is 23.8 Å². The van der Waals surface area contributed by atoms with Gasteiger partial charge in [-0.2, -0.15) is 5.26 Å². The molecule has 0 amide bonds. The van der Waals surface area contributed by atoms with Crippen molar-refractivity contribution < 1.29 is 0 Å². The summed E-state index contributed by atoms with van der Waals surface area (Å²) in [6.07, 6.45) is 2.68. The number of benzene rings is 1. The van der Waals surface area contributed by atoms with Crippen molar-refractivity contribution in [2.75, 3.05) is 5.75 Å². The van der Waals surface area contributed by atoms with Crippen molar-refractivity contribution in [3.8, 4) is 6.07 Å². The fourth-order valence-corrected chi connectivity index (χ4v) is 3.06. The highest BCUT2D eigenvalue weighted by Crippen LogP contribution is 2.37. The van der Waals surface area contributed by atoms with E-state index in [0.717, 1.165) is 12.2 Å². The van der Waals surface area contributed by atoms with E-state index in [1.54, 1.807) is 6.08 Å². The fraction of sp³-hybridized carbons (Fsp3) is 0.182. The van der Waals surface area contributed by atoms with Gasteiger partial charge in [-0.25, -0.2) is 0 Å². The number of hydrogen-bond acceptors (Lipinski definition) is 2. The Morgan fingerprint density at radius 2 is 2.36 bits per heavy atom. The number of fused-ring (bicyclic) bond motifs is 1. The zero-order chi connectivity index (χ0) is 9.97. The molecule has 0 unspecified atom stereocenters. The van der Waals surface area contributed by atoms with Crippen molar-refractivity contribution in [2.45, 2.75) is 11.3 Å². The third-order valence-electron chi connectivity index (χ3n) is 2.16. The Balaban J connectivity index is 2.53. The first kappa shape index (κ1) is 10.1. The first-order valence-corrected chi connectivity index (χ1v) is 6.39. The third kappa shape index (κ3) is 1.96. The number of halogens is 1. The number of nitrogens with zero attached hydrogens (tertiary/aromatic N) is 1. The molecule has 0 saturated carbocycles. The Bertz CT molecular complexity index is 431. The summed E-state index contributed by atoms with van der Waals surface area (Å²) in [5.41, 5.74) is 2.43. The van der Waals surface area contributed by atoms with Gasteiger partial charge in [-0.05, 0) is 58.3 Å². The molecule has 70 valence electrons. The molecule has 0 radical (unpaired) electrons. The van der Waals surface area contributed by atoms with E-state index in [1.807, 2.05) is 11.8 Å². The molecule has 0 spiro atoms. The van der Waals surface area contributed by atoms with E-state index in [-0.39, 0.29) is 0 Å². The average Bonchev–Trinajstić information content (AvgIpc) is 2.19. The Morgan fingerprint density at radius 3 is 3.14 bits per heavy atom. The second-order valence-corrected chi connectivity index (χ2v) is 5.42. The second kappa shape index (κ2) is 4.37. The minimum absolute atomic E-state index is 1.01. The lowest BCUT2D eigenvalue weighted by Crippen LogP contribution is -1.97. The highest BCUT2D eigenvalue weighted by molar-refractivity contribution is 14.1. The summed E-state index contributed by atoms with van der Waals surface area (Å²) in [6, 6.07) is 8.54. The minimum Gasteiger partial charge on any atom is -0.193 e. The SMILES string of the molecule is N#C/C=C1/CCSc2ccc(I)cc21. The van der Waals surface area contributed by atoms with Crippen LogP contribution in [0.1, 0.15) is 12.0 Å². The van der Waals surface area contributed by atoms with Gasteiger partial charge in [0.15, 0.2) is 0 Å². The van der Waals surface area contributed by atoms with Crippen LogP contribution in [0.5, 0.6) is 0 Å². The van der Waals surface area contributed by atoms with Crippen LogP contribution in [0.3, 0.4) is 0 Å². The molecule has 14 heavy (non-hydrogen) atoms. The molecule has 3 heteroatoms. The van der Waals surface area contributed by atoms with Gasteiger partial charge in [0, 0.05) is 20.3 Å². The molecule has 0 aromatic heterocycles. The van der Waals surface area contributed by atoms with Crippen LogP contribution in [-0.4, -0.2) is 5.75 Å². The lowest BCUT2D eigenvalue weighted by Gasteiger charge is -2.17. The zero-order valence-electron chi connectivity index (χ0n) is 7.46. The summed E-state index contributed by atoms with van der Waals surface area (Å²) in [7, 11) is 0. The number of rotatable bonds is 0. The van der Waals surface area contributed by atoms with Crippen molar-refractivity contribution in [3.63, 3.8) is 0 Å². The predicted molar refractivity (Wildman–Crippen MR) is 68.1 cm³/mol. The van der Waals surface area contributed by atoms with Gasteiger partial charge in [0.25, 0.3) is 0 Å². The lowest BCUT2D eigenvalue weighted by molar-refractivity contribution is 1.18. The molecule has 0 aliphatic carbocycles. The van der Waals surface area contributed by atoms with E-state index < -0.39 is 0 Å². The summed E-state index contributed by atoms with van der Waals surface area (Å²) < 4.78 is 1.23. The molecule has 0 atom stereocenters. The van der Waals surface area contributed by atoms with E-state index in [4.69, 9.17) is 5.26 Å². The smallest absolute Gasteiger partial charge is 0.0915 e. The maximum atomic E-state index is 8.68. The normalized spacial score (nSPS) is 17.6. The van der Waals surface area contributed by atoms with E-state index >= 15 is 0 Å². The van der Waals surface area contributed by atoms with Gasteiger partial charge in [-0.15, -0.1) is 11.8 Å². The maximum absolute atomic E-state index is 8.68. The molecule has 0 N–H and O–H groups in total. The predicted octanol–water partition coefficient (Wildman–Crippen LogP) is 3.69. The van der Waals surface area contributed by atoms with E-state index in [9.17, 15) is 0 Å². The number of hydrogen-bond donors (Lipinski definition) is 0. The fourth-order valence-electron chi connectivity index (χ4n) is 1.51. The van der Waals surface area contributed by atoms with Crippen LogP contribution in [-0.2, 0) is 0 Å². The van der Waals surface area contributed by atoms with Gasteiger partial charge in [-0.1, -0.05) is 0 Å². The van der Waals surface area contributed by atoms with Gasteiger partial charge in [0.05, 0.1) is 6.07 Å². The molecular formula is C11H8INS. The first-order valence-electron chi connectivity index (χ1n) is 4.32. The van der Waals surface area contributed by atoms with E-state index in [2.05, 4.69) is 46.9 Å². The molecule has 2 rings (SSSR count). The van der Waals surface area contributed by atoms with Crippen molar-refractivity contribution in [1.29, 1.82) is 5.26 Å². The van der Waals surface area contributed by atoms with Crippen molar-refractivity contribution >= 4 is 39.9 Å². The molecular weight excluding hydrogens is 305 g/mol. The Kier molecular flexibility index (Phi) is 3.14. The van der Waals surface area contributed by atoms with Crippen LogP contribution < -0.4 is 0 Å². The molecule has 1 aliphatic rings. The molecule has 1 aliphatic heterocycles. The maximum Gasteiger partial charge on any atom is 0.0915 e. The summed E-state index contributed by atoms with van der Waals surface area (Å²) in [5, 5.41) is 8.68. The highest BCUT2D eigenvalue weighted by Gasteiger charge is 2.14. The molecule has 0 bridgehead atoms. The van der Waals surface area contributed by atoms with E-state index in [0.29, 0.717) is 0 Å². The van der Waals surface area contributed by atoms with Crippen LogP contribution >= 0.6 is 34.4 Å². The minimum atomic E-state index is 1.01. The van der Waals surface area contributed by atoms with Crippen molar-refractivity contribution in [1.82, 2.24) is 0 Å². The van der Waals surface area contributed by atoms with Crippen molar-refractivity contribution in [2.24, 2.45) is 0 Å². The van der Waals surface area contributed by atoms with Crippen LogP contribution in [0, 0.1) is 14.9 Å². The summed E-state index contributed by atoms with van der Waals surface area (Å²) in [4.78, 5) is 1.30.